The number of rotatable bonds is 2. The first-order chi connectivity index (χ1) is 7.45. The number of nitriles is 1. The molecule has 0 amide bonds. The van der Waals surface area contributed by atoms with Gasteiger partial charge in [0.15, 0.2) is 9.84 Å². The molecule has 16 heavy (non-hydrogen) atoms. The van der Waals surface area contributed by atoms with Gasteiger partial charge in [-0.15, -0.1) is 0 Å². The zero-order chi connectivity index (χ0) is 11.9. The Balaban J connectivity index is 2.31. The highest BCUT2D eigenvalue weighted by atomic mass is 35.5. The Bertz CT molecular complexity index is 544. The van der Waals surface area contributed by atoms with Crippen molar-refractivity contribution in [2.45, 2.75) is 11.2 Å². The lowest BCUT2D eigenvalue weighted by Gasteiger charge is -1.98. The van der Waals surface area contributed by atoms with Gasteiger partial charge in [-0.05, 0) is 17.7 Å². The SMILES string of the molecule is CS(=O)(=O)[C@@H]1[C@H](C#N)[C@@H]1c1ccc(Cl)cc1. The maximum absolute atomic E-state index is 11.4. The summed E-state index contributed by atoms with van der Waals surface area (Å²) in [5.74, 6) is -0.617. The minimum atomic E-state index is -3.15. The van der Waals surface area contributed by atoms with Gasteiger partial charge < -0.3 is 0 Å². The van der Waals surface area contributed by atoms with Crippen molar-refractivity contribution in [2.75, 3.05) is 6.26 Å². The van der Waals surface area contributed by atoms with Gasteiger partial charge in [0.25, 0.3) is 0 Å². The van der Waals surface area contributed by atoms with E-state index in [4.69, 9.17) is 16.9 Å². The van der Waals surface area contributed by atoms with E-state index in [1.807, 2.05) is 6.07 Å². The van der Waals surface area contributed by atoms with Gasteiger partial charge in [-0.25, -0.2) is 8.42 Å². The van der Waals surface area contributed by atoms with Crippen molar-refractivity contribution in [3.8, 4) is 6.07 Å². The maximum atomic E-state index is 11.4. The van der Waals surface area contributed by atoms with Gasteiger partial charge in [0.2, 0.25) is 0 Å². The van der Waals surface area contributed by atoms with Crippen LogP contribution in [-0.4, -0.2) is 19.9 Å². The van der Waals surface area contributed by atoms with E-state index in [1.165, 1.54) is 6.26 Å². The number of hydrogen-bond acceptors (Lipinski definition) is 3. The maximum Gasteiger partial charge on any atom is 0.152 e. The second-order valence-corrected chi connectivity index (χ2v) is 6.67. The van der Waals surface area contributed by atoms with Gasteiger partial charge in [-0.2, -0.15) is 5.26 Å². The Hall–Kier alpha value is -1.05. The molecule has 2 rings (SSSR count). The number of hydrogen-bond donors (Lipinski definition) is 0. The third-order valence-corrected chi connectivity index (χ3v) is 4.68. The number of nitrogens with zero attached hydrogens (tertiary/aromatic N) is 1. The highest BCUT2D eigenvalue weighted by molar-refractivity contribution is 7.91. The summed E-state index contributed by atoms with van der Waals surface area (Å²) < 4.78 is 22.9. The molecule has 3 atom stereocenters. The predicted molar refractivity (Wildman–Crippen MR) is 61.9 cm³/mol. The molecular formula is C11H10ClNO2S. The van der Waals surface area contributed by atoms with E-state index in [0.717, 1.165) is 5.56 Å². The highest BCUT2D eigenvalue weighted by Gasteiger charge is 2.57. The predicted octanol–water partition coefficient (Wildman–Crippen LogP) is 1.99. The molecule has 1 aromatic carbocycles. The summed E-state index contributed by atoms with van der Waals surface area (Å²) >= 11 is 5.75. The lowest BCUT2D eigenvalue weighted by molar-refractivity contribution is 0.599. The van der Waals surface area contributed by atoms with Crippen LogP contribution in [0.2, 0.25) is 5.02 Å². The Morgan fingerprint density at radius 2 is 1.88 bits per heavy atom. The molecule has 0 radical (unpaired) electrons. The summed E-state index contributed by atoms with van der Waals surface area (Å²) in [6.07, 6.45) is 1.18. The molecule has 0 spiro atoms. The third kappa shape index (κ3) is 1.93. The number of benzene rings is 1. The summed E-state index contributed by atoms with van der Waals surface area (Å²) in [5, 5.41) is 8.93. The van der Waals surface area contributed by atoms with Crippen LogP contribution >= 0.6 is 11.6 Å². The van der Waals surface area contributed by atoms with Crippen molar-refractivity contribution < 1.29 is 8.42 Å². The number of sulfone groups is 1. The van der Waals surface area contributed by atoms with Gasteiger partial charge in [0.05, 0.1) is 17.2 Å². The Morgan fingerprint density at radius 1 is 1.31 bits per heavy atom. The van der Waals surface area contributed by atoms with Gasteiger partial charge in [0.1, 0.15) is 0 Å². The third-order valence-electron chi connectivity index (χ3n) is 2.85. The molecule has 0 heterocycles. The van der Waals surface area contributed by atoms with Crippen LogP contribution in [0.5, 0.6) is 0 Å². The quantitative estimate of drug-likeness (QED) is 0.812. The van der Waals surface area contributed by atoms with Gasteiger partial charge in [-0.1, -0.05) is 23.7 Å². The molecule has 0 aromatic heterocycles. The zero-order valence-electron chi connectivity index (χ0n) is 8.59. The van der Waals surface area contributed by atoms with Crippen molar-refractivity contribution >= 4 is 21.4 Å². The molecule has 1 aliphatic rings. The van der Waals surface area contributed by atoms with E-state index in [9.17, 15) is 8.42 Å². The first-order valence-electron chi connectivity index (χ1n) is 4.79. The van der Waals surface area contributed by atoms with E-state index < -0.39 is 21.0 Å². The van der Waals surface area contributed by atoms with Gasteiger partial charge in [0, 0.05) is 17.2 Å². The fourth-order valence-electron chi connectivity index (χ4n) is 2.05. The average molecular weight is 256 g/mol. The molecule has 1 saturated carbocycles. The van der Waals surface area contributed by atoms with Crippen LogP contribution in [0, 0.1) is 17.2 Å². The monoisotopic (exact) mass is 255 g/mol. The first-order valence-corrected chi connectivity index (χ1v) is 7.12. The summed E-state index contributed by atoms with van der Waals surface area (Å²) in [7, 11) is -3.15. The van der Waals surface area contributed by atoms with E-state index in [0.29, 0.717) is 5.02 Å². The van der Waals surface area contributed by atoms with Crippen molar-refractivity contribution in [2.24, 2.45) is 5.92 Å². The van der Waals surface area contributed by atoms with Crippen LogP contribution in [0.15, 0.2) is 24.3 Å². The molecule has 0 N–H and O–H groups in total. The van der Waals surface area contributed by atoms with Gasteiger partial charge in [-0.3, -0.25) is 0 Å². The lowest BCUT2D eigenvalue weighted by atomic mass is 10.1. The molecular weight excluding hydrogens is 246 g/mol. The van der Waals surface area contributed by atoms with Crippen molar-refractivity contribution in [3.05, 3.63) is 34.9 Å². The minimum absolute atomic E-state index is 0.197. The summed E-state index contributed by atoms with van der Waals surface area (Å²) in [6.45, 7) is 0. The lowest BCUT2D eigenvalue weighted by Crippen LogP contribution is -2.06. The fraction of sp³-hybridized carbons (Fsp3) is 0.364. The second-order valence-electron chi connectivity index (χ2n) is 4.03. The van der Waals surface area contributed by atoms with Crippen LogP contribution in [0.3, 0.4) is 0 Å². The molecule has 1 aliphatic carbocycles. The molecule has 0 unspecified atom stereocenters. The van der Waals surface area contributed by atoms with E-state index in [2.05, 4.69) is 0 Å². The fourth-order valence-corrected chi connectivity index (χ4v) is 3.71. The largest absolute Gasteiger partial charge is 0.229 e. The minimum Gasteiger partial charge on any atom is -0.229 e. The Kier molecular flexibility index (Phi) is 2.69. The second kappa shape index (κ2) is 3.76. The van der Waals surface area contributed by atoms with E-state index >= 15 is 0 Å². The van der Waals surface area contributed by atoms with Crippen LogP contribution < -0.4 is 0 Å². The summed E-state index contributed by atoms with van der Waals surface area (Å²) in [4.78, 5) is 0. The van der Waals surface area contributed by atoms with Gasteiger partial charge >= 0.3 is 0 Å². The molecule has 5 heteroatoms. The topological polar surface area (TPSA) is 57.9 Å². The molecule has 0 saturated heterocycles. The van der Waals surface area contributed by atoms with E-state index in [-0.39, 0.29) is 5.92 Å². The first kappa shape index (κ1) is 11.4. The van der Waals surface area contributed by atoms with Crippen molar-refractivity contribution in [3.63, 3.8) is 0 Å². The molecule has 0 aliphatic heterocycles. The van der Waals surface area contributed by atoms with Crippen LogP contribution in [-0.2, 0) is 9.84 Å². The van der Waals surface area contributed by atoms with E-state index in [1.54, 1.807) is 24.3 Å². The normalized spacial score (nSPS) is 28.4. The zero-order valence-corrected chi connectivity index (χ0v) is 10.2. The van der Waals surface area contributed by atoms with Crippen molar-refractivity contribution in [1.29, 1.82) is 5.26 Å². The van der Waals surface area contributed by atoms with Crippen LogP contribution in [0.4, 0.5) is 0 Å². The number of halogens is 1. The van der Waals surface area contributed by atoms with Crippen LogP contribution in [0.25, 0.3) is 0 Å². The molecule has 3 nitrogen and oxygen atoms in total. The standard InChI is InChI=1S/C11H10ClNO2S/c1-16(14,15)11-9(6-13)10(11)7-2-4-8(12)5-3-7/h2-5,9-11H,1H3/t9-,10+,11-/m1/s1. The summed E-state index contributed by atoms with van der Waals surface area (Å²) in [5.41, 5.74) is 0.867. The average Bonchev–Trinajstić information content (AvgIpc) is 2.92. The van der Waals surface area contributed by atoms with Crippen molar-refractivity contribution in [1.82, 2.24) is 0 Å². The molecule has 0 bridgehead atoms. The van der Waals surface area contributed by atoms with Crippen LogP contribution in [0.1, 0.15) is 11.5 Å². The Labute approximate surface area is 99.6 Å². The smallest absolute Gasteiger partial charge is 0.152 e. The molecule has 1 fully saturated rings. The summed E-state index contributed by atoms with van der Waals surface area (Å²) in [6, 6.07) is 9.03. The molecule has 1 aromatic rings. The Morgan fingerprint density at radius 3 is 2.25 bits per heavy atom. The highest BCUT2D eigenvalue weighted by Crippen LogP contribution is 2.51. The molecule has 84 valence electrons.